The lowest BCUT2D eigenvalue weighted by Gasteiger charge is -2.10. The molecule has 0 bridgehead atoms. The van der Waals surface area contributed by atoms with Crippen molar-refractivity contribution in [1.29, 1.82) is 0 Å². The van der Waals surface area contributed by atoms with Gasteiger partial charge in [0.25, 0.3) is 0 Å². The Balaban J connectivity index is 2.07. The summed E-state index contributed by atoms with van der Waals surface area (Å²) in [4.78, 5) is 0. The first-order chi connectivity index (χ1) is 8.78. The number of fused-ring (bicyclic) bond motifs is 1. The summed E-state index contributed by atoms with van der Waals surface area (Å²) in [5, 5.41) is 4.38. The smallest absolute Gasteiger partial charge is 0.134 e. The van der Waals surface area contributed by atoms with Gasteiger partial charge in [-0.05, 0) is 38.2 Å². The topological polar surface area (TPSA) is 38.3 Å². The van der Waals surface area contributed by atoms with E-state index >= 15 is 0 Å². The molecule has 3 aromatic rings. The second-order valence-corrected chi connectivity index (χ2v) is 4.47. The van der Waals surface area contributed by atoms with Gasteiger partial charge in [0, 0.05) is 10.9 Å². The van der Waals surface area contributed by atoms with Gasteiger partial charge in [0.2, 0.25) is 0 Å². The summed E-state index contributed by atoms with van der Waals surface area (Å²) in [6.45, 7) is 2.08. The predicted octanol–water partition coefficient (Wildman–Crippen LogP) is 3.64. The third kappa shape index (κ3) is 1.83. The Hall–Kier alpha value is -2.00. The van der Waals surface area contributed by atoms with Gasteiger partial charge in [-0.1, -0.05) is 11.6 Å². The zero-order chi connectivity index (χ0) is 12.5. The zero-order valence-electron chi connectivity index (χ0n) is 10.4. The van der Waals surface area contributed by atoms with Crippen molar-refractivity contribution in [2.75, 3.05) is 7.05 Å². The van der Waals surface area contributed by atoms with E-state index in [1.54, 1.807) is 12.5 Å². The van der Waals surface area contributed by atoms with Gasteiger partial charge < -0.3 is 14.2 Å². The van der Waals surface area contributed by atoms with Crippen molar-refractivity contribution >= 4 is 11.0 Å². The molecule has 0 saturated heterocycles. The Kier molecular flexibility index (Phi) is 2.68. The highest BCUT2D eigenvalue weighted by atomic mass is 16.3. The minimum atomic E-state index is 0.0245. The quantitative estimate of drug-likeness (QED) is 0.760. The highest BCUT2D eigenvalue weighted by molar-refractivity contribution is 5.78. The maximum atomic E-state index is 5.90. The van der Waals surface area contributed by atoms with Crippen molar-refractivity contribution in [1.82, 2.24) is 5.32 Å². The zero-order valence-corrected chi connectivity index (χ0v) is 10.4. The number of hydrogen-bond donors (Lipinski definition) is 1. The van der Waals surface area contributed by atoms with Gasteiger partial charge in [0.1, 0.15) is 11.3 Å². The van der Waals surface area contributed by atoms with Crippen LogP contribution >= 0.6 is 0 Å². The van der Waals surface area contributed by atoms with Crippen LogP contribution in [-0.2, 0) is 0 Å². The normalized spacial score (nSPS) is 13.0. The van der Waals surface area contributed by atoms with Crippen molar-refractivity contribution < 1.29 is 8.83 Å². The number of benzene rings is 1. The Morgan fingerprint density at radius 2 is 2.06 bits per heavy atom. The molecule has 3 nitrogen and oxygen atoms in total. The second-order valence-electron chi connectivity index (χ2n) is 4.47. The molecule has 2 heterocycles. The molecule has 0 fully saturated rings. The SMILES string of the molecule is CNC(c1ccoc1)c1cc2cc(C)ccc2o1. The van der Waals surface area contributed by atoms with Crippen molar-refractivity contribution in [3.8, 4) is 0 Å². The molecule has 0 aliphatic carbocycles. The molecule has 2 aromatic heterocycles. The number of furan rings is 2. The molecule has 1 N–H and O–H groups in total. The molecule has 0 amide bonds. The van der Waals surface area contributed by atoms with Gasteiger partial charge in [-0.25, -0.2) is 0 Å². The van der Waals surface area contributed by atoms with Gasteiger partial charge in [0.15, 0.2) is 0 Å². The summed E-state index contributed by atoms with van der Waals surface area (Å²) >= 11 is 0. The van der Waals surface area contributed by atoms with Crippen LogP contribution in [0.5, 0.6) is 0 Å². The van der Waals surface area contributed by atoms with E-state index in [1.807, 2.05) is 19.2 Å². The molecule has 1 aromatic carbocycles. The summed E-state index contributed by atoms with van der Waals surface area (Å²) < 4.78 is 11.0. The van der Waals surface area contributed by atoms with Crippen LogP contribution in [-0.4, -0.2) is 7.05 Å². The lowest BCUT2D eigenvalue weighted by atomic mass is 10.1. The number of rotatable bonds is 3. The van der Waals surface area contributed by atoms with Gasteiger partial charge in [-0.2, -0.15) is 0 Å². The molecule has 1 atom stereocenters. The van der Waals surface area contributed by atoms with Crippen LogP contribution in [0.4, 0.5) is 0 Å². The molecular weight excluding hydrogens is 226 g/mol. The number of hydrogen-bond acceptors (Lipinski definition) is 3. The molecule has 0 aliphatic heterocycles. The van der Waals surface area contributed by atoms with Gasteiger partial charge in [-0.3, -0.25) is 0 Å². The van der Waals surface area contributed by atoms with Crippen LogP contribution in [0.3, 0.4) is 0 Å². The van der Waals surface area contributed by atoms with Crippen LogP contribution in [0.1, 0.15) is 22.9 Å². The fourth-order valence-electron chi connectivity index (χ4n) is 2.24. The van der Waals surface area contributed by atoms with E-state index in [9.17, 15) is 0 Å². The first kappa shape index (κ1) is 11.1. The summed E-state index contributed by atoms with van der Waals surface area (Å²) in [5.74, 6) is 0.902. The average Bonchev–Trinajstić information content (AvgIpc) is 2.98. The largest absolute Gasteiger partial charge is 0.472 e. The first-order valence-electron chi connectivity index (χ1n) is 5.97. The van der Waals surface area contributed by atoms with Crippen LogP contribution in [0.15, 0.2) is 51.7 Å². The molecule has 3 heteroatoms. The maximum absolute atomic E-state index is 5.90. The van der Waals surface area contributed by atoms with Gasteiger partial charge >= 0.3 is 0 Å². The predicted molar refractivity (Wildman–Crippen MR) is 70.6 cm³/mol. The average molecular weight is 241 g/mol. The Morgan fingerprint density at radius 1 is 1.17 bits per heavy atom. The van der Waals surface area contributed by atoms with E-state index in [0.717, 1.165) is 22.3 Å². The maximum Gasteiger partial charge on any atom is 0.134 e. The molecule has 0 spiro atoms. The lowest BCUT2D eigenvalue weighted by Crippen LogP contribution is -2.16. The summed E-state index contributed by atoms with van der Waals surface area (Å²) in [5.41, 5.74) is 3.21. The third-order valence-electron chi connectivity index (χ3n) is 3.14. The van der Waals surface area contributed by atoms with E-state index in [0.29, 0.717) is 0 Å². The summed E-state index contributed by atoms with van der Waals surface area (Å²) in [6.07, 6.45) is 3.41. The molecule has 92 valence electrons. The van der Waals surface area contributed by atoms with Crippen molar-refractivity contribution in [2.45, 2.75) is 13.0 Å². The minimum absolute atomic E-state index is 0.0245. The second kappa shape index (κ2) is 4.35. The standard InChI is InChI=1S/C15H15NO2/c1-10-3-4-13-12(7-10)8-14(18-13)15(16-2)11-5-6-17-9-11/h3-9,15-16H,1-2H3. The fraction of sp³-hybridized carbons (Fsp3) is 0.200. The van der Waals surface area contributed by atoms with Crippen molar-refractivity contribution in [3.63, 3.8) is 0 Å². The molecule has 3 rings (SSSR count). The molecule has 1 unspecified atom stereocenters. The molecular formula is C15H15NO2. The first-order valence-corrected chi connectivity index (χ1v) is 5.97. The fourth-order valence-corrected chi connectivity index (χ4v) is 2.24. The molecule has 0 radical (unpaired) electrons. The highest BCUT2D eigenvalue weighted by Crippen LogP contribution is 2.28. The van der Waals surface area contributed by atoms with E-state index in [2.05, 4.69) is 30.4 Å². The van der Waals surface area contributed by atoms with Crippen LogP contribution in [0, 0.1) is 6.92 Å². The third-order valence-corrected chi connectivity index (χ3v) is 3.14. The van der Waals surface area contributed by atoms with E-state index < -0.39 is 0 Å². The molecule has 18 heavy (non-hydrogen) atoms. The summed E-state index contributed by atoms with van der Waals surface area (Å²) in [7, 11) is 1.91. The Labute approximate surface area is 105 Å². The molecule has 0 aliphatic rings. The van der Waals surface area contributed by atoms with Crippen LogP contribution < -0.4 is 5.32 Å². The number of aryl methyl sites for hydroxylation is 1. The highest BCUT2D eigenvalue weighted by Gasteiger charge is 2.17. The van der Waals surface area contributed by atoms with E-state index in [1.165, 1.54) is 5.56 Å². The number of nitrogens with one attached hydrogen (secondary N) is 1. The van der Waals surface area contributed by atoms with Crippen LogP contribution in [0.2, 0.25) is 0 Å². The Bertz CT molecular complexity index is 652. The van der Waals surface area contributed by atoms with Gasteiger partial charge in [0.05, 0.1) is 18.6 Å². The molecule has 0 saturated carbocycles. The van der Waals surface area contributed by atoms with Crippen LogP contribution in [0.25, 0.3) is 11.0 Å². The minimum Gasteiger partial charge on any atom is -0.472 e. The van der Waals surface area contributed by atoms with Crippen molar-refractivity contribution in [2.24, 2.45) is 0 Å². The van der Waals surface area contributed by atoms with E-state index in [-0.39, 0.29) is 6.04 Å². The lowest BCUT2D eigenvalue weighted by molar-refractivity contribution is 0.485. The summed E-state index contributed by atoms with van der Waals surface area (Å²) in [6, 6.07) is 10.2. The van der Waals surface area contributed by atoms with Crippen molar-refractivity contribution in [3.05, 3.63) is 59.7 Å². The van der Waals surface area contributed by atoms with Gasteiger partial charge in [-0.15, -0.1) is 0 Å². The van der Waals surface area contributed by atoms with E-state index in [4.69, 9.17) is 8.83 Å². The Morgan fingerprint density at radius 3 is 2.78 bits per heavy atom. The monoisotopic (exact) mass is 241 g/mol.